The summed E-state index contributed by atoms with van der Waals surface area (Å²) in [7, 11) is 0. The summed E-state index contributed by atoms with van der Waals surface area (Å²) in [6, 6.07) is 8.15. The zero-order valence-electron chi connectivity index (χ0n) is 11.9. The fraction of sp³-hybridized carbons (Fsp3) is 0.533. The number of carbonyl (C=O) groups excluding carboxylic acids is 1. The van der Waals surface area contributed by atoms with E-state index in [9.17, 15) is 4.79 Å². The molecule has 106 valence electrons. The number of benzene rings is 1. The van der Waals surface area contributed by atoms with E-state index in [-0.39, 0.29) is 18.0 Å². The molecule has 0 aliphatic heterocycles. The molecule has 2 unspecified atom stereocenters. The number of rotatable bonds is 7. The molecule has 2 N–H and O–H groups in total. The Hall–Kier alpha value is -1.06. The van der Waals surface area contributed by atoms with E-state index in [1.807, 2.05) is 38.1 Å². The van der Waals surface area contributed by atoms with Gasteiger partial charge < -0.3 is 10.6 Å². The smallest absolute Gasteiger partial charge is 0.221 e. The molecule has 0 radical (unpaired) electrons. The summed E-state index contributed by atoms with van der Waals surface area (Å²) in [5, 5.41) is 7.02. The van der Waals surface area contributed by atoms with Gasteiger partial charge in [0.15, 0.2) is 0 Å². The monoisotopic (exact) mass is 282 g/mol. The Morgan fingerprint density at radius 2 is 2.00 bits per heavy atom. The minimum absolute atomic E-state index is 0.0909. The van der Waals surface area contributed by atoms with E-state index in [1.165, 1.54) is 0 Å². The topological polar surface area (TPSA) is 41.1 Å². The second-order valence-electron chi connectivity index (χ2n) is 4.82. The third kappa shape index (κ3) is 5.62. The molecule has 1 rings (SSSR count). The van der Waals surface area contributed by atoms with E-state index in [2.05, 4.69) is 17.6 Å². The second kappa shape index (κ2) is 8.18. The lowest BCUT2D eigenvalue weighted by Gasteiger charge is -2.16. The maximum atomic E-state index is 11.6. The van der Waals surface area contributed by atoms with Gasteiger partial charge in [-0.05, 0) is 31.9 Å². The molecule has 0 aromatic heterocycles. The predicted molar refractivity (Wildman–Crippen MR) is 80.4 cm³/mol. The molecule has 3 nitrogen and oxygen atoms in total. The fourth-order valence-electron chi connectivity index (χ4n) is 1.79. The van der Waals surface area contributed by atoms with Gasteiger partial charge >= 0.3 is 0 Å². The Labute approximate surface area is 120 Å². The van der Waals surface area contributed by atoms with Gasteiger partial charge in [-0.3, -0.25) is 4.79 Å². The molecular weight excluding hydrogens is 260 g/mol. The highest BCUT2D eigenvalue weighted by Crippen LogP contribution is 2.21. The summed E-state index contributed by atoms with van der Waals surface area (Å²) in [6.45, 7) is 6.77. The van der Waals surface area contributed by atoms with Crippen LogP contribution in [0.15, 0.2) is 24.3 Å². The maximum Gasteiger partial charge on any atom is 0.221 e. The molecule has 2 atom stereocenters. The first kappa shape index (κ1) is 16.0. The van der Waals surface area contributed by atoms with Crippen LogP contribution in [-0.4, -0.2) is 18.5 Å². The Morgan fingerprint density at radius 1 is 1.32 bits per heavy atom. The third-order valence-electron chi connectivity index (χ3n) is 3.19. The molecule has 0 heterocycles. The van der Waals surface area contributed by atoms with E-state index in [0.29, 0.717) is 13.0 Å². The highest BCUT2D eigenvalue weighted by atomic mass is 35.5. The highest BCUT2D eigenvalue weighted by molar-refractivity contribution is 6.31. The first-order valence-corrected chi connectivity index (χ1v) is 7.19. The van der Waals surface area contributed by atoms with Crippen LogP contribution in [-0.2, 0) is 4.79 Å². The molecule has 0 saturated heterocycles. The Kier molecular flexibility index (Phi) is 6.89. The molecule has 0 saturated carbocycles. The first-order chi connectivity index (χ1) is 9.04. The van der Waals surface area contributed by atoms with Crippen molar-refractivity contribution in [2.75, 3.05) is 6.54 Å². The average molecular weight is 283 g/mol. The minimum atomic E-state index is 0.0909. The molecule has 1 aromatic rings. The van der Waals surface area contributed by atoms with Gasteiger partial charge in [0.1, 0.15) is 0 Å². The van der Waals surface area contributed by atoms with Gasteiger partial charge in [0.2, 0.25) is 5.91 Å². The van der Waals surface area contributed by atoms with Crippen LogP contribution >= 0.6 is 11.6 Å². The predicted octanol–water partition coefficient (Wildman–Crippen LogP) is 3.30. The molecule has 0 bridgehead atoms. The zero-order valence-corrected chi connectivity index (χ0v) is 12.6. The standard InChI is InChI=1S/C15H23ClN2O/c1-4-11(2)18-15(19)9-10-17-12(3)13-7-5-6-8-14(13)16/h5-8,11-12,17H,4,9-10H2,1-3H3,(H,18,19). The Bertz CT molecular complexity index is 409. The largest absolute Gasteiger partial charge is 0.354 e. The second-order valence-corrected chi connectivity index (χ2v) is 5.23. The van der Waals surface area contributed by atoms with Crippen LogP contribution in [0.3, 0.4) is 0 Å². The summed E-state index contributed by atoms with van der Waals surface area (Å²) in [4.78, 5) is 11.6. The van der Waals surface area contributed by atoms with Crippen molar-refractivity contribution >= 4 is 17.5 Å². The lowest BCUT2D eigenvalue weighted by atomic mass is 10.1. The molecule has 1 amide bonds. The van der Waals surface area contributed by atoms with E-state index >= 15 is 0 Å². The molecule has 4 heteroatoms. The summed E-state index contributed by atoms with van der Waals surface area (Å²) >= 11 is 6.13. The third-order valence-corrected chi connectivity index (χ3v) is 3.54. The zero-order chi connectivity index (χ0) is 14.3. The summed E-state index contributed by atoms with van der Waals surface area (Å²) < 4.78 is 0. The number of amides is 1. The normalized spacial score (nSPS) is 13.9. The minimum Gasteiger partial charge on any atom is -0.354 e. The van der Waals surface area contributed by atoms with Gasteiger partial charge in [0.05, 0.1) is 0 Å². The number of hydrogen-bond donors (Lipinski definition) is 2. The highest BCUT2D eigenvalue weighted by Gasteiger charge is 2.09. The lowest BCUT2D eigenvalue weighted by molar-refractivity contribution is -0.121. The van der Waals surface area contributed by atoms with Crippen LogP contribution in [0.25, 0.3) is 0 Å². The van der Waals surface area contributed by atoms with E-state index in [1.54, 1.807) is 0 Å². The molecule has 0 spiro atoms. The van der Waals surface area contributed by atoms with Crippen molar-refractivity contribution in [2.24, 2.45) is 0 Å². The maximum absolute atomic E-state index is 11.6. The number of halogens is 1. The number of nitrogens with one attached hydrogen (secondary N) is 2. The van der Waals surface area contributed by atoms with Crippen LogP contribution in [0.5, 0.6) is 0 Å². The van der Waals surface area contributed by atoms with Crippen molar-refractivity contribution in [1.29, 1.82) is 0 Å². The quantitative estimate of drug-likeness (QED) is 0.806. The van der Waals surface area contributed by atoms with Crippen LogP contribution in [0, 0.1) is 0 Å². The number of hydrogen-bond acceptors (Lipinski definition) is 2. The Balaban J connectivity index is 2.33. The van der Waals surface area contributed by atoms with Gasteiger partial charge in [-0.2, -0.15) is 0 Å². The SMILES string of the molecule is CCC(C)NC(=O)CCNC(C)c1ccccc1Cl. The van der Waals surface area contributed by atoms with Crippen molar-refractivity contribution in [2.45, 2.75) is 45.7 Å². The van der Waals surface area contributed by atoms with Crippen LogP contribution in [0.1, 0.15) is 45.2 Å². The summed E-state index contributed by atoms with van der Waals surface area (Å²) in [5.41, 5.74) is 1.06. The summed E-state index contributed by atoms with van der Waals surface area (Å²) in [5.74, 6) is 0.0909. The lowest BCUT2D eigenvalue weighted by Crippen LogP contribution is -2.34. The van der Waals surface area contributed by atoms with Crippen LogP contribution in [0.4, 0.5) is 0 Å². The van der Waals surface area contributed by atoms with Crippen molar-refractivity contribution in [3.05, 3.63) is 34.9 Å². The molecule has 0 aliphatic rings. The van der Waals surface area contributed by atoms with E-state index in [0.717, 1.165) is 17.0 Å². The van der Waals surface area contributed by atoms with Gasteiger partial charge in [0.25, 0.3) is 0 Å². The van der Waals surface area contributed by atoms with E-state index < -0.39 is 0 Å². The summed E-state index contributed by atoms with van der Waals surface area (Å²) in [6.07, 6.45) is 1.44. The van der Waals surface area contributed by atoms with Gasteiger partial charge in [-0.15, -0.1) is 0 Å². The van der Waals surface area contributed by atoms with Gasteiger partial charge in [0, 0.05) is 30.1 Å². The van der Waals surface area contributed by atoms with Gasteiger partial charge in [-0.25, -0.2) is 0 Å². The van der Waals surface area contributed by atoms with Gasteiger partial charge in [-0.1, -0.05) is 36.7 Å². The molecule has 0 aliphatic carbocycles. The van der Waals surface area contributed by atoms with Crippen molar-refractivity contribution in [3.63, 3.8) is 0 Å². The van der Waals surface area contributed by atoms with Crippen molar-refractivity contribution < 1.29 is 4.79 Å². The average Bonchev–Trinajstić information content (AvgIpc) is 2.38. The number of carbonyl (C=O) groups is 1. The first-order valence-electron chi connectivity index (χ1n) is 6.81. The van der Waals surface area contributed by atoms with Crippen molar-refractivity contribution in [3.8, 4) is 0 Å². The van der Waals surface area contributed by atoms with Crippen LogP contribution < -0.4 is 10.6 Å². The molecule has 0 fully saturated rings. The Morgan fingerprint density at radius 3 is 2.63 bits per heavy atom. The van der Waals surface area contributed by atoms with Crippen LogP contribution in [0.2, 0.25) is 5.02 Å². The van der Waals surface area contributed by atoms with E-state index in [4.69, 9.17) is 11.6 Å². The fourth-order valence-corrected chi connectivity index (χ4v) is 2.09. The molecular formula is C15H23ClN2O. The molecule has 1 aromatic carbocycles. The van der Waals surface area contributed by atoms with Crippen molar-refractivity contribution in [1.82, 2.24) is 10.6 Å². The molecule has 19 heavy (non-hydrogen) atoms.